The third-order valence-corrected chi connectivity index (χ3v) is 10.4. The van der Waals surface area contributed by atoms with Gasteiger partial charge in [-0.05, 0) is 51.3 Å². The average molecular weight is 468 g/mol. The summed E-state index contributed by atoms with van der Waals surface area (Å²) in [5, 5.41) is -0.828. The van der Waals surface area contributed by atoms with Crippen molar-refractivity contribution in [3.05, 3.63) is 65.0 Å². The largest absolute Gasteiger partial charge is 0.386 e. The molecule has 0 radical (unpaired) electrons. The number of pyridine rings is 1. The van der Waals surface area contributed by atoms with Gasteiger partial charge in [0.1, 0.15) is 27.5 Å². The second kappa shape index (κ2) is 7.28. The van der Waals surface area contributed by atoms with Crippen molar-refractivity contribution in [2.75, 3.05) is 0 Å². The fraction of sp³-hybridized carbons (Fsp3) is 0.417. The normalized spacial score (nSPS) is 28.5. The van der Waals surface area contributed by atoms with E-state index in [0.29, 0.717) is 36.9 Å². The molecule has 0 amide bonds. The maximum absolute atomic E-state index is 15.2. The van der Waals surface area contributed by atoms with E-state index in [2.05, 4.69) is 19.9 Å². The van der Waals surface area contributed by atoms with Gasteiger partial charge in [-0.15, -0.1) is 0 Å². The molecule has 2 aromatic heterocycles. The number of aliphatic imine (C=N–C) groups is 1. The third-order valence-electron chi connectivity index (χ3n) is 7.25. The average Bonchev–Trinajstić information content (AvgIpc) is 2.75. The number of halogens is 1. The summed E-state index contributed by atoms with van der Waals surface area (Å²) in [5.41, 5.74) is 8.89. The van der Waals surface area contributed by atoms with Gasteiger partial charge in [0.15, 0.2) is 9.84 Å². The Kier molecular flexibility index (Phi) is 4.83. The van der Waals surface area contributed by atoms with Gasteiger partial charge >= 0.3 is 0 Å². The Morgan fingerprint density at radius 3 is 2.79 bits per heavy atom. The van der Waals surface area contributed by atoms with Gasteiger partial charge in [-0.3, -0.25) is 15.0 Å². The second-order valence-corrected chi connectivity index (χ2v) is 12.0. The van der Waals surface area contributed by atoms with Crippen LogP contribution in [0.4, 0.5) is 4.39 Å². The molecule has 2 N–H and O–H groups in total. The summed E-state index contributed by atoms with van der Waals surface area (Å²) in [6, 6.07) is 6.55. The molecule has 33 heavy (non-hydrogen) atoms. The molecular formula is C24H26FN5O2S. The fourth-order valence-electron chi connectivity index (χ4n) is 5.25. The van der Waals surface area contributed by atoms with Crippen LogP contribution in [0.2, 0.25) is 0 Å². The minimum Gasteiger partial charge on any atom is -0.386 e. The molecule has 2 aliphatic heterocycles. The summed E-state index contributed by atoms with van der Waals surface area (Å²) >= 11 is 0. The standard InChI is InChI=1S/C24H26FN5O2S/c1-14-13-28-21-18(29-14)8-10-27-19(21)12-15-6-7-17(25)16(11-15)24(3)20-5-4-9-23(2,22(26)30-24)33(20,31)32/h6-8,10-11,13,20H,4-5,9,12H2,1-3H3,(H2,26,30)/t20-,23+,24+/m0/s1. The number of nitrogens with zero attached hydrogens (tertiary/aromatic N) is 4. The van der Waals surface area contributed by atoms with Gasteiger partial charge in [-0.25, -0.2) is 17.8 Å². The van der Waals surface area contributed by atoms with Gasteiger partial charge < -0.3 is 5.73 Å². The molecule has 0 spiro atoms. The van der Waals surface area contributed by atoms with Gasteiger partial charge in [-0.1, -0.05) is 18.6 Å². The van der Waals surface area contributed by atoms with Crippen LogP contribution in [0.25, 0.3) is 11.0 Å². The van der Waals surface area contributed by atoms with E-state index < -0.39 is 31.2 Å². The molecule has 1 aromatic carbocycles. The van der Waals surface area contributed by atoms with Crippen LogP contribution in [-0.4, -0.2) is 39.2 Å². The number of amidine groups is 1. The number of aryl methyl sites for hydroxylation is 1. The first kappa shape index (κ1) is 21.9. The zero-order chi connectivity index (χ0) is 23.6. The Morgan fingerprint density at radius 1 is 1.21 bits per heavy atom. The Bertz CT molecular complexity index is 1420. The van der Waals surface area contributed by atoms with Crippen LogP contribution in [0, 0.1) is 12.7 Å². The predicted octanol–water partition coefficient (Wildman–Crippen LogP) is 3.38. The van der Waals surface area contributed by atoms with Gasteiger partial charge in [0.05, 0.1) is 22.2 Å². The maximum atomic E-state index is 15.2. The van der Waals surface area contributed by atoms with Crippen molar-refractivity contribution in [1.29, 1.82) is 0 Å². The van der Waals surface area contributed by atoms with E-state index >= 15 is 4.39 Å². The number of hydrogen-bond donors (Lipinski definition) is 1. The highest BCUT2D eigenvalue weighted by atomic mass is 32.2. The number of nitrogens with two attached hydrogens (primary N) is 1. The number of hydrogen-bond acceptors (Lipinski definition) is 7. The lowest BCUT2D eigenvalue weighted by Gasteiger charge is -2.48. The highest BCUT2D eigenvalue weighted by Gasteiger charge is 2.60. The summed E-state index contributed by atoms with van der Waals surface area (Å²) in [6.45, 7) is 5.19. The molecule has 9 heteroatoms. The highest BCUT2D eigenvalue weighted by Crippen LogP contribution is 2.49. The van der Waals surface area contributed by atoms with Crippen LogP contribution in [0.1, 0.15) is 55.6 Å². The third kappa shape index (κ3) is 3.16. The summed E-state index contributed by atoms with van der Waals surface area (Å²) in [4.78, 5) is 18.1. The Hall–Kier alpha value is -2.94. The molecule has 172 valence electrons. The number of rotatable bonds is 3. The topological polar surface area (TPSA) is 111 Å². The predicted molar refractivity (Wildman–Crippen MR) is 125 cm³/mol. The van der Waals surface area contributed by atoms with Crippen LogP contribution in [-0.2, 0) is 21.8 Å². The maximum Gasteiger partial charge on any atom is 0.168 e. The summed E-state index contributed by atoms with van der Waals surface area (Å²) in [6.07, 6.45) is 5.33. The zero-order valence-electron chi connectivity index (χ0n) is 18.8. The lowest BCUT2D eigenvalue weighted by Crippen LogP contribution is -2.63. The molecule has 2 bridgehead atoms. The van der Waals surface area contributed by atoms with Gasteiger partial charge in [0.2, 0.25) is 0 Å². The molecule has 1 fully saturated rings. The summed E-state index contributed by atoms with van der Waals surface area (Å²) in [7, 11) is -3.64. The molecule has 0 saturated carbocycles. The van der Waals surface area contributed by atoms with Gasteiger partial charge in [0, 0.05) is 24.4 Å². The second-order valence-electron chi connectivity index (χ2n) is 9.43. The number of sulfone groups is 1. The van der Waals surface area contributed by atoms with E-state index in [1.54, 1.807) is 44.4 Å². The highest BCUT2D eigenvalue weighted by molar-refractivity contribution is 7.94. The van der Waals surface area contributed by atoms with E-state index in [-0.39, 0.29) is 11.4 Å². The molecule has 0 aliphatic carbocycles. The minimum absolute atomic E-state index is 0.0621. The Balaban J connectivity index is 1.61. The summed E-state index contributed by atoms with van der Waals surface area (Å²) in [5.74, 6) is -0.435. The van der Waals surface area contributed by atoms with E-state index in [1.165, 1.54) is 6.07 Å². The number of benzene rings is 1. The Labute approximate surface area is 192 Å². The molecule has 0 unspecified atom stereocenters. The molecular weight excluding hydrogens is 441 g/mol. The smallest absolute Gasteiger partial charge is 0.168 e. The van der Waals surface area contributed by atoms with Crippen LogP contribution in [0.3, 0.4) is 0 Å². The van der Waals surface area contributed by atoms with Crippen LogP contribution >= 0.6 is 0 Å². The van der Waals surface area contributed by atoms with E-state index in [4.69, 9.17) is 5.73 Å². The SMILES string of the molecule is Cc1cnc2c(Cc3ccc(F)c([C@@]4(C)N=C(N)[C@@]5(C)CCC[C@@H]4S5(=O)=O)c3)nccc2n1. The molecule has 5 rings (SSSR count). The molecule has 1 saturated heterocycles. The number of aromatic nitrogens is 3. The Morgan fingerprint density at radius 2 is 2.00 bits per heavy atom. The molecule has 2 aliphatic rings. The van der Waals surface area contributed by atoms with Crippen molar-refractivity contribution in [1.82, 2.24) is 15.0 Å². The van der Waals surface area contributed by atoms with Crippen LogP contribution in [0.5, 0.6) is 0 Å². The van der Waals surface area contributed by atoms with Crippen molar-refractivity contribution >= 4 is 26.7 Å². The lowest BCUT2D eigenvalue weighted by atomic mass is 9.82. The molecule has 3 aromatic rings. The van der Waals surface area contributed by atoms with E-state index in [9.17, 15) is 8.42 Å². The fourth-order valence-corrected chi connectivity index (χ4v) is 7.91. The summed E-state index contributed by atoms with van der Waals surface area (Å²) < 4.78 is 40.9. The van der Waals surface area contributed by atoms with Crippen molar-refractivity contribution in [3.8, 4) is 0 Å². The monoisotopic (exact) mass is 467 g/mol. The van der Waals surface area contributed by atoms with Crippen molar-refractivity contribution < 1.29 is 12.8 Å². The van der Waals surface area contributed by atoms with E-state index in [1.807, 2.05) is 6.92 Å². The van der Waals surface area contributed by atoms with Gasteiger partial charge in [-0.2, -0.15) is 0 Å². The van der Waals surface area contributed by atoms with Crippen LogP contribution < -0.4 is 5.73 Å². The van der Waals surface area contributed by atoms with Gasteiger partial charge in [0.25, 0.3) is 0 Å². The van der Waals surface area contributed by atoms with Crippen molar-refractivity contribution in [2.24, 2.45) is 10.7 Å². The van der Waals surface area contributed by atoms with Crippen molar-refractivity contribution in [2.45, 2.75) is 62.0 Å². The zero-order valence-corrected chi connectivity index (χ0v) is 19.7. The quantitative estimate of drug-likeness (QED) is 0.632. The lowest BCUT2D eigenvalue weighted by molar-refractivity contribution is 0.355. The van der Waals surface area contributed by atoms with Crippen LogP contribution in [0.15, 0.2) is 41.7 Å². The first-order chi connectivity index (χ1) is 15.6. The molecule has 4 heterocycles. The first-order valence-electron chi connectivity index (χ1n) is 11.0. The van der Waals surface area contributed by atoms with E-state index in [0.717, 1.165) is 16.8 Å². The molecule has 7 nitrogen and oxygen atoms in total. The molecule has 3 atom stereocenters. The minimum atomic E-state index is -3.64. The number of fused-ring (bicyclic) bond motifs is 3. The van der Waals surface area contributed by atoms with Crippen molar-refractivity contribution in [3.63, 3.8) is 0 Å². The first-order valence-corrected chi connectivity index (χ1v) is 12.6.